The molecule has 0 saturated carbocycles. The molecule has 0 unspecified atom stereocenters. The summed E-state index contributed by atoms with van der Waals surface area (Å²) in [5.41, 5.74) is 19.4. The third-order valence-corrected chi connectivity index (χ3v) is 10.7. The van der Waals surface area contributed by atoms with Gasteiger partial charge in [-0.05, 0) is 73.9 Å². The van der Waals surface area contributed by atoms with Gasteiger partial charge in [-0.25, -0.2) is 4.70 Å². The van der Waals surface area contributed by atoms with Crippen molar-refractivity contribution in [2.24, 2.45) is 0 Å². The van der Waals surface area contributed by atoms with Crippen LogP contribution in [-0.2, 0) is 27.3 Å². The van der Waals surface area contributed by atoms with Crippen LogP contribution in [-0.4, -0.2) is 4.70 Å². The third-order valence-electron chi connectivity index (χ3n) is 9.68. The second-order valence-electron chi connectivity index (χ2n) is 14.0. The number of hydrogen-bond donors (Lipinski definition) is 0. The first-order valence-electron chi connectivity index (χ1n) is 20.8. The van der Waals surface area contributed by atoms with Gasteiger partial charge < -0.3 is 5.53 Å². The third kappa shape index (κ3) is 18.3. The zero-order valence-electron chi connectivity index (χ0n) is 33.0. The molecule has 2 nitrogen and oxygen atoms in total. The molecular formula is C47H74N2Ni. The van der Waals surface area contributed by atoms with Gasteiger partial charge in [0.05, 0.1) is 5.57 Å². The standard InChI is InChI=1S/C43H64N2.2C2H5.Ni/c1-4-7-10-12-14-15-16-17-18-19-20-22-24-29-41-36-42(39-33-31-37(32-34-39)26-9-6-3)45(44)43(41)40-30-25-28-38(35-40)27-23-21-13-11-8-5-2;2*1-2;/h24-25,28-36H,4-23,26-27H2,1-3H3;2*1H2,2H3;. The molecule has 0 bridgehead atoms. The summed E-state index contributed by atoms with van der Waals surface area (Å²) >= 11 is 1.82. The van der Waals surface area contributed by atoms with Gasteiger partial charge in [-0.2, -0.15) is 0 Å². The van der Waals surface area contributed by atoms with Gasteiger partial charge in [0.1, 0.15) is 0 Å². The SMILES string of the molecule is CCCCCCCCCCCCCC=CC1=C(c2cccc(CCCCCCCC)c2)[N+](=[N-])C(c2ccc(CCCC)cc2)=C1.C[CH2][Ni][CH2]C. The average molecular weight is 726 g/mol. The summed E-state index contributed by atoms with van der Waals surface area (Å²) in [6.07, 6.45) is 35.4. The van der Waals surface area contributed by atoms with Crippen LogP contribution in [0, 0.1) is 0 Å². The summed E-state index contributed by atoms with van der Waals surface area (Å²) in [4.78, 5) is 0. The Hall–Kier alpha value is -2.25. The van der Waals surface area contributed by atoms with E-state index in [1.807, 2.05) is 14.4 Å². The molecule has 0 spiro atoms. The van der Waals surface area contributed by atoms with E-state index in [4.69, 9.17) is 0 Å². The van der Waals surface area contributed by atoms with Crippen molar-refractivity contribution in [3.8, 4) is 0 Å². The van der Waals surface area contributed by atoms with Crippen molar-refractivity contribution in [1.82, 2.24) is 0 Å². The Balaban J connectivity index is 0.00000161. The number of allylic oxidation sites excluding steroid dienone is 4. The van der Waals surface area contributed by atoms with Gasteiger partial charge in [0.25, 0.3) is 0 Å². The number of unbranched alkanes of at least 4 members (excludes halogenated alkanes) is 17. The summed E-state index contributed by atoms with van der Waals surface area (Å²) in [7, 11) is 0. The van der Waals surface area contributed by atoms with Crippen LogP contribution in [0.1, 0.15) is 185 Å². The zero-order chi connectivity index (χ0) is 36.1. The van der Waals surface area contributed by atoms with Gasteiger partial charge in [0.2, 0.25) is 11.4 Å². The van der Waals surface area contributed by atoms with Crippen molar-refractivity contribution >= 4 is 11.4 Å². The Morgan fingerprint density at radius 1 is 0.560 bits per heavy atom. The molecule has 0 aromatic heterocycles. The zero-order valence-corrected chi connectivity index (χ0v) is 34.0. The predicted octanol–water partition coefficient (Wildman–Crippen LogP) is 15.9. The molecule has 0 fully saturated rings. The van der Waals surface area contributed by atoms with E-state index in [0.29, 0.717) is 0 Å². The Kier molecular flexibility index (Phi) is 25.8. The van der Waals surface area contributed by atoms with Crippen molar-refractivity contribution in [3.63, 3.8) is 0 Å². The summed E-state index contributed by atoms with van der Waals surface area (Å²) in [6.45, 7) is 11.2. The summed E-state index contributed by atoms with van der Waals surface area (Å²) in [5.74, 6) is 0. The van der Waals surface area contributed by atoms with Crippen molar-refractivity contribution in [2.45, 2.75) is 187 Å². The van der Waals surface area contributed by atoms with Crippen molar-refractivity contribution in [3.05, 3.63) is 100 Å². The fourth-order valence-corrected chi connectivity index (χ4v) is 7.14. The molecule has 282 valence electrons. The summed E-state index contributed by atoms with van der Waals surface area (Å²) < 4.78 is 1.44. The number of benzene rings is 2. The van der Waals surface area contributed by atoms with Crippen molar-refractivity contribution in [1.29, 1.82) is 0 Å². The minimum absolute atomic E-state index is 0.864. The van der Waals surface area contributed by atoms with Crippen LogP contribution in [0.15, 0.2) is 72.3 Å². The topological polar surface area (TPSA) is 25.3 Å². The van der Waals surface area contributed by atoms with Crippen molar-refractivity contribution in [2.75, 3.05) is 0 Å². The fourth-order valence-electron chi connectivity index (χ4n) is 6.64. The first-order valence-corrected chi connectivity index (χ1v) is 22.2. The predicted molar refractivity (Wildman–Crippen MR) is 218 cm³/mol. The summed E-state index contributed by atoms with van der Waals surface area (Å²) in [5, 5.41) is 2.56. The second kappa shape index (κ2) is 29.3. The fraction of sp³-hybridized carbons (Fsp3) is 0.617. The Bertz CT molecular complexity index is 1250. The van der Waals surface area contributed by atoms with Gasteiger partial charge in [0.15, 0.2) is 0 Å². The number of hydrogen-bond acceptors (Lipinski definition) is 0. The van der Waals surface area contributed by atoms with Gasteiger partial charge in [-0.15, -0.1) is 0 Å². The molecular weight excluding hydrogens is 651 g/mol. The van der Waals surface area contributed by atoms with E-state index in [1.165, 1.54) is 149 Å². The molecule has 1 aliphatic rings. The first kappa shape index (κ1) is 43.9. The first-order chi connectivity index (χ1) is 24.6. The second-order valence-corrected chi connectivity index (χ2v) is 15.9. The molecule has 0 N–H and O–H groups in total. The normalized spacial score (nSPS) is 13.0. The maximum atomic E-state index is 11.6. The number of nitrogens with zero attached hydrogens (tertiary/aromatic N) is 2. The van der Waals surface area contributed by atoms with E-state index in [0.717, 1.165) is 47.4 Å². The quantitative estimate of drug-likeness (QED) is 0.0498. The van der Waals surface area contributed by atoms with Gasteiger partial charge >= 0.3 is 39.1 Å². The van der Waals surface area contributed by atoms with E-state index in [2.05, 4.69) is 101 Å². The Labute approximate surface area is 316 Å². The van der Waals surface area contributed by atoms with E-state index in [-0.39, 0.29) is 0 Å². The monoisotopic (exact) mass is 725 g/mol. The van der Waals surface area contributed by atoms with Gasteiger partial charge in [-0.3, -0.25) is 0 Å². The van der Waals surface area contributed by atoms with Crippen LogP contribution in [0.5, 0.6) is 0 Å². The molecule has 3 rings (SSSR count). The Morgan fingerprint density at radius 3 is 1.66 bits per heavy atom. The van der Waals surface area contributed by atoms with Crippen LogP contribution in [0.2, 0.25) is 10.8 Å². The molecule has 1 heterocycles. The molecule has 50 heavy (non-hydrogen) atoms. The van der Waals surface area contributed by atoms with Crippen LogP contribution >= 0.6 is 0 Å². The van der Waals surface area contributed by atoms with Crippen molar-refractivity contribution < 1.29 is 19.1 Å². The van der Waals surface area contributed by atoms with Crippen LogP contribution in [0.25, 0.3) is 16.9 Å². The van der Waals surface area contributed by atoms with Gasteiger partial charge in [0, 0.05) is 17.2 Å². The number of rotatable bonds is 27. The maximum absolute atomic E-state index is 11.6. The van der Waals surface area contributed by atoms with Crippen LogP contribution in [0.4, 0.5) is 0 Å². The molecule has 0 radical (unpaired) electrons. The summed E-state index contributed by atoms with van der Waals surface area (Å²) in [6, 6.07) is 17.7. The molecule has 2 aromatic carbocycles. The number of aryl methyl sites for hydroxylation is 2. The van der Waals surface area contributed by atoms with E-state index < -0.39 is 0 Å². The van der Waals surface area contributed by atoms with Crippen LogP contribution < -0.4 is 0 Å². The van der Waals surface area contributed by atoms with E-state index in [9.17, 15) is 5.53 Å². The van der Waals surface area contributed by atoms with Gasteiger partial charge in [-0.1, -0.05) is 160 Å². The van der Waals surface area contributed by atoms with E-state index in [1.54, 1.807) is 0 Å². The molecule has 0 amide bonds. The average Bonchev–Trinajstić information content (AvgIpc) is 3.47. The molecule has 0 saturated heterocycles. The molecule has 2 aromatic rings. The molecule has 0 aliphatic carbocycles. The molecule has 3 heteroatoms. The van der Waals surface area contributed by atoms with Crippen LogP contribution in [0.3, 0.4) is 0 Å². The molecule has 0 atom stereocenters. The van der Waals surface area contributed by atoms with E-state index >= 15 is 0 Å². The minimum atomic E-state index is 0.864. The Morgan fingerprint density at radius 2 is 1.10 bits per heavy atom. The molecule has 1 aliphatic heterocycles.